The standard InChI is InChI=1S/C9H13N2/c1-2-3-4-5-9-6-7-10-11-8-9/h6-7H,2-5H2,1H3. The molecule has 0 aromatic carbocycles. The summed E-state index contributed by atoms with van der Waals surface area (Å²) in [7, 11) is 0. The summed E-state index contributed by atoms with van der Waals surface area (Å²) >= 11 is 0. The molecule has 0 saturated carbocycles. The molecule has 0 saturated heterocycles. The largest absolute Gasteiger partial charge is 0.158 e. The summed E-state index contributed by atoms with van der Waals surface area (Å²) in [5.74, 6) is 0. The predicted molar refractivity (Wildman–Crippen MR) is 44.1 cm³/mol. The van der Waals surface area contributed by atoms with Crippen LogP contribution in [0.3, 0.4) is 0 Å². The van der Waals surface area contributed by atoms with E-state index in [2.05, 4.69) is 23.3 Å². The molecule has 0 N–H and O–H groups in total. The van der Waals surface area contributed by atoms with Crippen LogP contribution < -0.4 is 0 Å². The van der Waals surface area contributed by atoms with Crippen LogP contribution in [0.25, 0.3) is 0 Å². The summed E-state index contributed by atoms with van der Waals surface area (Å²) in [6.07, 6.45) is 9.46. The van der Waals surface area contributed by atoms with Crippen molar-refractivity contribution in [2.45, 2.75) is 32.6 Å². The first-order chi connectivity index (χ1) is 5.43. The summed E-state index contributed by atoms with van der Waals surface area (Å²) in [6, 6.07) is 1.97. The maximum absolute atomic E-state index is 3.69. The van der Waals surface area contributed by atoms with Crippen molar-refractivity contribution in [1.29, 1.82) is 0 Å². The first-order valence-electron chi connectivity index (χ1n) is 4.11. The molecule has 1 aromatic heterocycles. The van der Waals surface area contributed by atoms with E-state index in [4.69, 9.17) is 0 Å². The fraction of sp³-hybridized carbons (Fsp3) is 0.556. The highest BCUT2D eigenvalue weighted by atomic mass is 15.1. The van der Waals surface area contributed by atoms with E-state index in [9.17, 15) is 0 Å². The van der Waals surface area contributed by atoms with Gasteiger partial charge in [0.25, 0.3) is 0 Å². The lowest BCUT2D eigenvalue weighted by Crippen LogP contribution is -1.88. The van der Waals surface area contributed by atoms with E-state index in [1.54, 1.807) is 6.20 Å². The zero-order valence-corrected chi connectivity index (χ0v) is 6.88. The Labute approximate surface area is 67.7 Å². The number of unbranched alkanes of at least 4 members (excludes halogenated alkanes) is 2. The minimum atomic E-state index is 1.09. The van der Waals surface area contributed by atoms with E-state index in [1.807, 2.05) is 6.07 Å². The van der Waals surface area contributed by atoms with Crippen molar-refractivity contribution in [3.05, 3.63) is 24.0 Å². The van der Waals surface area contributed by atoms with Crippen LogP contribution in [0, 0.1) is 6.20 Å². The first-order valence-corrected chi connectivity index (χ1v) is 4.11. The second kappa shape index (κ2) is 4.83. The zero-order valence-electron chi connectivity index (χ0n) is 6.88. The van der Waals surface area contributed by atoms with Crippen LogP contribution in [0.2, 0.25) is 0 Å². The van der Waals surface area contributed by atoms with Gasteiger partial charge >= 0.3 is 0 Å². The third-order valence-electron chi connectivity index (χ3n) is 1.64. The molecular weight excluding hydrogens is 136 g/mol. The van der Waals surface area contributed by atoms with Gasteiger partial charge in [0, 0.05) is 6.20 Å². The molecule has 0 aliphatic rings. The van der Waals surface area contributed by atoms with Gasteiger partial charge in [0.2, 0.25) is 0 Å². The number of hydrogen-bond acceptors (Lipinski definition) is 2. The van der Waals surface area contributed by atoms with Gasteiger partial charge in [0.1, 0.15) is 6.20 Å². The van der Waals surface area contributed by atoms with Gasteiger partial charge in [-0.3, -0.25) is 0 Å². The highest BCUT2D eigenvalue weighted by Gasteiger charge is 1.91. The van der Waals surface area contributed by atoms with Gasteiger partial charge < -0.3 is 0 Å². The molecule has 2 nitrogen and oxygen atoms in total. The zero-order chi connectivity index (χ0) is 7.94. The Morgan fingerprint density at radius 3 is 3.00 bits per heavy atom. The van der Waals surface area contributed by atoms with Crippen LogP contribution in [-0.4, -0.2) is 10.2 Å². The van der Waals surface area contributed by atoms with E-state index < -0.39 is 0 Å². The Morgan fingerprint density at radius 1 is 1.45 bits per heavy atom. The summed E-state index contributed by atoms with van der Waals surface area (Å²) < 4.78 is 0. The molecule has 0 aliphatic heterocycles. The van der Waals surface area contributed by atoms with Gasteiger partial charge in [0.15, 0.2) is 0 Å². The second-order valence-electron chi connectivity index (χ2n) is 2.63. The lowest BCUT2D eigenvalue weighted by Gasteiger charge is -1.96. The molecule has 0 aliphatic carbocycles. The van der Waals surface area contributed by atoms with Crippen LogP contribution >= 0.6 is 0 Å². The summed E-state index contributed by atoms with van der Waals surface area (Å²) in [6.45, 7) is 2.20. The maximum atomic E-state index is 3.69. The number of aromatic nitrogens is 2. The molecule has 1 rings (SSSR count). The quantitative estimate of drug-likeness (QED) is 0.612. The van der Waals surface area contributed by atoms with Gasteiger partial charge in [-0.15, -0.1) is 5.10 Å². The first kappa shape index (κ1) is 8.18. The second-order valence-corrected chi connectivity index (χ2v) is 2.63. The van der Waals surface area contributed by atoms with E-state index in [-0.39, 0.29) is 0 Å². The Morgan fingerprint density at radius 2 is 2.36 bits per heavy atom. The molecule has 0 unspecified atom stereocenters. The molecular formula is C9H13N2. The molecule has 0 amide bonds. The highest BCUT2D eigenvalue weighted by molar-refractivity contribution is 5.03. The third-order valence-corrected chi connectivity index (χ3v) is 1.64. The normalized spacial score (nSPS) is 9.91. The Balaban J connectivity index is 2.28. The Kier molecular flexibility index (Phi) is 3.59. The molecule has 1 radical (unpaired) electrons. The summed E-state index contributed by atoms with van der Waals surface area (Å²) in [4.78, 5) is 0. The number of hydrogen-bond donors (Lipinski definition) is 0. The van der Waals surface area contributed by atoms with Gasteiger partial charge in [-0.05, 0) is 24.5 Å². The molecule has 59 valence electrons. The Bertz CT molecular complexity index is 184. The minimum Gasteiger partial charge on any atom is -0.158 e. The van der Waals surface area contributed by atoms with Gasteiger partial charge in [-0.25, -0.2) is 0 Å². The van der Waals surface area contributed by atoms with Crippen LogP contribution in [0.4, 0.5) is 0 Å². The monoisotopic (exact) mass is 149 g/mol. The average molecular weight is 149 g/mol. The smallest absolute Gasteiger partial charge is 0.117 e. The predicted octanol–water partition coefficient (Wildman–Crippen LogP) is 2.01. The van der Waals surface area contributed by atoms with Crippen LogP contribution in [0.15, 0.2) is 12.3 Å². The summed E-state index contributed by atoms with van der Waals surface area (Å²) in [5.41, 5.74) is 1.17. The lowest BCUT2D eigenvalue weighted by atomic mass is 10.1. The van der Waals surface area contributed by atoms with Gasteiger partial charge in [-0.1, -0.05) is 19.8 Å². The summed E-state index contributed by atoms with van der Waals surface area (Å²) in [5, 5.41) is 7.36. The van der Waals surface area contributed by atoms with Crippen molar-refractivity contribution in [3.63, 3.8) is 0 Å². The maximum Gasteiger partial charge on any atom is 0.117 e. The lowest BCUT2D eigenvalue weighted by molar-refractivity contribution is 0.713. The molecule has 0 atom stereocenters. The topological polar surface area (TPSA) is 25.8 Å². The molecule has 0 bridgehead atoms. The Hall–Kier alpha value is -0.920. The SMILES string of the molecule is CCCCCc1[c]nncc1. The van der Waals surface area contributed by atoms with Crippen molar-refractivity contribution < 1.29 is 0 Å². The van der Waals surface area contributed by atoms with Crippen molar-refractivity contribution >= 4 is 0 Å². The van der Waals surface area contributed by atoms with Crippen LogP contribution in [0.1, 0.15) is 31.7 Å². The number of nitrogens with zero attached hydrogens (tertiary/aromatic N) is 2. The van der Waals surface area contributed by atoms with Crippen molar-refractivity contribution in [3.8, 4) is 0 Å². The fourth-order valence-corrected chi connectivity index (χ4v) is 0.992. The number of aryl methyl sites for hydroxylation is 1. The third kappa shape index (κ3) is 3.12. The van der Waals surface area contributed by atoms with E-state index in [1.165, 1.54) is 24.8 Å². The van der Waals surface area contributed by atoms with Gasteiger partial charge in [0.05, 0.1) is 0 Å². The molecule has 11 heavy (non-hydrogen) atoms. The molecule has 1 heterocycles. The molecule has 0 fully saturated rings. The molecule has 0 spiro atoms. The van der Waals surface area contributed by atoms with Crippen molar-refractivity contribution in [2.75, 3.05) is 0 Å². The van der Waals surface area contributed by atoms with Gasteiger partial charge in [-0.2, -0.15) is 5.10 Å². The molecule has 1 aromatic rings. The highest BCUT2D eigenvalue weighted by Crippen LogP contribution is 2.02. The number of rotatable bonds is 4. The molecule has 2 heteroatoms. The van der Waals surface area contributed by atoms with E-state index in [0.29, 0.717) is 0 Å². The van der Waals surface area contributed by atoms with Crippen LogP contribution in [-0.2, 0) is 6.42 Å². The van der Waals surface area contributed by atoms with Crippen LogP contribution in [0.5, 0.6) is 0 Å². The van der Waals surface area contributed by atoms with Crippen molar-refractivity contribution in [1.82, 2.24) is 10.2 Å². The van der Waals surface area contributed by atoms with E-state index >= 15 is 0 Å². The van der Waals surface area contributed by atoms with E-state index in [0.717, 1.165) is 6.42 Å². The van der Waals surface area contributed by atoms with Crippen molar-refractivity contribution in [2.24, 2.45) is 0 Å². The average Bonchev–Trinajstić information content (AvgIpc) is 2.07. The minimum absolute atomic E-state index is 1.09. The fourth-order valence-electron chi connectivity index (χ4n) is 0.992.